The SMILES string of the molecule is CCNC(=NCc1ccc(NC(=O)c2ccco2)cc1)NCC(C)(O)c1cnn(C)c1.I. The highest BCUT2D eigenvalue weighted by Crippen LogP contribution is 2.18. The second-order valence-electron chi connectivity index (χ2n) is 7.35. The van der Waals surface area contributed by atoms with Gasteiger partial charge in [0.1, 0.15) is 5.60 Å². The van der Waals surface area contributed by atoms with Crippen molar-refractivity contribution in [3.05, 3.63) is 71.9 Å². The minimum absolute atomic E-state index is 0. The maximum absolute atomic E-state index is 12.0. The maximum atomic E-state index is 12.0. The number of benzene rings is 1. The van der Waals surface area contributed by atoms with Gasteiger partial charge in [0.25, 0.3) is 5.91 Å². The Hall–Kier alpha value is -2.86. The summed E-state index contributed by atoms with van der Waals surface area (Å²) in [7, 11) is 1.81. The van der Waals surface area contributed by atoms with Crippen molar-refractivity contribution in [2.75, 3.05) is 18.4 Å². The highest BCUT2D eigenvalue weighted by molar-refractivity contribution is 14.0. The number of aryl methyl sites for hydroxylation is 1. The van der Waals surface area contributed by atoms with Crippen molar-refractivity contribution < 1.29 is 14.3 Å². The first-order valence-electron chi connectivity index (χ1n) is 10.0. The summed E-state index contributed by atoms with van der Waals surface area (Å²) in [5.41, 5.74) is 1.29. The van der Waals surface area contributed by atoms with Crippen LogP contribution < -0.4 is 16.0 Å². The number of nitrogens with zero attached hydrogens (tertiary/aromatic N) is 3. The summed E-state index contributed by atoms with van der Waals surface area (Å²) in [4.78, 5) is 16.6. The number of aliphatic imine (C=N–C) groups is 1. The zero-order valence-electron chi connectivity index (χ0n) is 18.3. The smallest absolute Gasteiger partial charge is 0.291 e. The van der Waals surface area contributed by atoms with Crippen LogP contribution in [-0.4, -0.2) is 39.8 Å². The average molecular weight is 552 g/mol. The lowest BCUT2D eigenvalue weighted by Crippen LogP contribution is -2.44. The van der Waals surface area contributed by atoms with Gasteiger partial charge >= 0.3 is 0 Å². The van der Waals surface area contributed by atoms with Gasteiger partial charge in [-0.3, -0.25) is 9.48 Å². The van der Waals surface area contributed by atoms with E-state index in [2.05, 4.69) is 26.0 Å². The number of amides is 1. The van der Waals surface area contributed by atoms with Crippen molar-refractivity contribution in [2.45, 2.75) is 26.0 Å². The molecular formula is C22H29IN6O3. The Kier molecular flexibility index (Phi) is 9.27. The first kappa shape index (κ1) is 25.4. The van der Waals surface area contributed by atoms with Crippen LogP contribution in [0.4, 0.5) is 5.69 Å². The average Bonchev–Trinajstić information content (AvgIpc) is 3.43. The van der Waals surface area contributed by atoms with Crippen LogP contribution in [0.1, 0.15) is 35.5 Å². The maximum Gasteiger partial charge on any atom is 0.291 e. The van der Waals surface area contributed by atoms with Crippen LogP contribution in [0.3, 0.4) is 0 Å². The van der Waals surface area contributed by atoms with Gasteiger partial charge in [0, 0.05) is 31.0 Å². The number of guanidine groups is 1. The molecule has 172 valence electrons. The molecule has 1 aromatic carbocycles. The number of hydrogen-bond acceptors (Lipinski definition) is 5. The topological polar surface area (TPSA) is 117 Å². The molecule has 2 aromatic heterocycles. The van der Waals surface area contributed by atoms with E-state index in [0.29, 0.717) is 24.7 Å². The van der Waals surface area contributed by atoms with Gasteiger partial charge in [0.15, 0.2) is 11.7 Å². The second-order valence-corrected chi connectivity index (χ2v) is 7.35. The van der Waals surface area contributed by atoms with Crippen LogP contribution in [0.2, 0.25) is 0 Å². The van der Waals surface area contributed by atoms with Crippen molar-refractivity contribution in [2.24, 2.45) is 12.0 Å². The Morgan fingerprint density at radius 1 is 1.25 bits per heavy atom. The molecule has 0 saturated heterocycles. The molecule has 0 bridgehead atoms. The molecule has 0 fully saturated rings. The number of aliphatic hydroxyl groups is 1. The first-order valence-corrected chi connectivity index (χ1v) is 10.0. The Bertz CT molecular complexity index is 1010. The van der Waals surface area contributed by atoms with Gasteiger partial charge in [-0.1, -0.05) is 12.1 Å². The summed E-state index contributed by atoms with van der Waals surface area (Å²) in [6.07, 6.45) is 4.90. The Morgan fingerprint density at radius 2 is 2.00 bits per heavy atom. The van der Waals surface area contributed by atoms with Crippen LogP contribution >= 0.6 is 24.0 Å². The van der Waals surface area contributed by atoms with Crippen molar-refractivity contribution in [3.63, 3.8) is 0 Å². The summed E-state index contributed by atoms with van der Waals surface area (Å²) >= 11 is 0. The fourth-order valence-electron chi connectivity index (χ4n) is 2.86. The summed E-state index contributed by atoms with van der Waals surface area (Å²) in [6, 6.07) is 10.7. The molecule has 3 rings (SSSR count). The van der Waals surface area contributed by atoms with Crippen molar-refractivity contribution >= 4 is 41.5 Å². The van der Waals surface area contributed by atoms with Crippen molar-refractivity contribution in [1.82, 2.24) is 20.4 Å². The predicted molar refractivity (Wildman–Crippen MR) is 134 cm³/mol. The first-order chi connectivity index (χ1) is 14.9. The van der Waals surface area contributed by atoms with Gasteiger partial charge in [0.05, 0.1) is 25.5 Å². The van der Waals surface area contributed by atoms with E-state index in [1.165, 1.54) is 6.26 Å². The van der Waals surface area contributed by atoms with E-state index in [1.807, 2.05) is 38.2 Å². The molecule has 1 amide bonds. The number of rotatable bonds is 8. The van der Waals surface area contributed by atoms with E-state index in [0.717, 1.165) is 11.1 Å². The molecule has 0 spiro atoms. The summed E-state index contributed by atoms with van der Waals surface area (Å²) in [6.45, 7) is 5.13. The zero-order valence-corrected chi connectivity index (χ0v) is 20.7. The van der Waals surface area contributed by atoms with E-state index in [1.54, 1.807) is 36.1 Å². The molecule has 3 aromatic rings. The molecule has 1 atom stereocenters. The Balaban J connectivity index is 0.00000363. The van der Waals surface area contributed by atoms with Gasteiger partial charge in [0.2, 0.25) is 0 Å². The van der Waals surface area contributed by atoms with Crippen LogP contribution in [0.15, 0.2) is 64.5 Å². The number of halogens is 1. The lowest BCUT2D eigenvalue weighted by molar-refractivity contribution is 0.0616. The number of nitrogens with one attached hydrogen (secondary N) is 3. The number of anilines is 1. The van der Waals surface area contributed by atoms with Gasteiger partial charge in [-0.25, -0.2) is 4.99 Å². The van der Waals surface area contributed by atoms with Gasteiger partial charge in [-0.15, -0.1) is 24.0 Å². The molecule has 4 N–H and O–H groups in total. The molecule has 1 unspecified atom stereocenters. The molecule has 0 radical (unpaired) electrons. The predicted octanol–water partition coefficient (Wildman–Crippen LogP) is 2.85. The van der Waals surface area contributed by atoms with Crippen LogP contribution in [0.5, 0.6) is 0 Å². The highest BCUT2D eigenvalue weighted by atomic mass is 127. The lowest BCUT2D eigenvalue weighted by atomic mass is 10.00. The number of hydrogen-bond donors (Lipinski definition) is 4. The van der Waals surface area contributed by atoms with E-state index in [-0.39, 0.29) is 42.2 Å². The van der Waals surface area contributed by atoms with Gasteiger partial charge in [-0.2, -0.15) is 5.10 Å². The van der Waals surface area contributed by atoms with Crippen molar-refractivity contribution in [3.8, 4) is 0 Å². The lowest BCUT2D eigenvalue weighted by Gasteiger charge is -2.23. The van der Waals surface area contributed by atoms with Crippen LogP contribution in [0.25, 0.3) is 0 Å². The second kappa shape index (κ2) is 11.7. The molecule has 2 heterocycles. The summed E-state index contributed by atoms with van der Waals surface area (Å²) in [5.74, 6) is 0.564. The fourth-order valence-corrected chi connectivity index (χ4v) is 2.86. The number of aromatic nitrogens is 2. The number of furan rings is 1. The third kappa shape index (κ3) is 7.09. The minimum Gasteiger partial charge on any atom is -0.459 e. The molecule has 0 saturated carbocycles. The van der Waals surface area contributed by atoms with Crippen LogP contribution in [-0.2, 0) is 19.2 Å². The van der Waals surface area contributed by atoms with E-state index < -0.39 is 5.60 Å². The summed E-state index contributed by atoms with van der Waals surface area (Å²) < 4.78 is 6.75. The standard InChI is InChI=1S/C22H28N6O3.HI/c1-4-23-21(25-15-22(2,30)17-13-26-28(3)14-17)24-12-16-7-9-18(10-8-16)27-20(29)19-6-5-11-31-19;/h5-11,13-14,30H,4,12,15H2,1-3H3,(H,27,29)(H2,23,24,25);1H. The number of carbonyl (C=O) groups is 1. The largest absolute Gasteiger partial charge is 0.459 e. The normalized spacial score (nSPS) is 13.1. The van der Waals surface area contributed by atoms with Crippen molar-refractivity contribution in [1.29, 1.82) is 0 Å². The third-order valence-corrected chi connectivity index (χ3v) is 4.65. The van der Waals surface area contributed by atoms with E-state index in [9.17, 15) is 9.90 Å². The monoisotopic (exact) mass is 552 g/mol. The van der Waals surface area contributed by atoms with E-state index >= 15 is 0 Å². The minimum atomic E-state index is -1.09. The highest BCUT2D eigenvalue weighted by Gasteiger charge is 2.25. The van der Waals surface area contributed by atoms with E-state index in [4.69, 9.17) is 4.42 Å². The Labute approximate surface area is 204 Å². The summed E-state index contributed by atoms with van der Waals surface area (Å²) in [5, 5.41) is 24.0. The molecule has 9 nitrogen and oxygen atoms in total. The van der Waals surface area contributed by atoms with Gasteiger partial charge < -0.3 is 25.5 Å². The molecule has 0 aliphatic rings. The van der Waals surface area contributed by atoms with Crippen LogP contribution in [0, 0.1) is 0 Å². The molecule has 10 heteroatoms. The molecular weight excluding hydrogens is 523 g/mol. The molecule has 0 aliphatic heterocycles. The Morgan fingerprint density at radius 3 is 2.59 bits per heavy atom. The molecule has 0 aliphatic carbocycles. The molecule has 32 heavy (non-hydrogen) atoms. The fraction of sp³-hybridized carbons (Fsp3) is 0.318. The quantitative estimate of drug-likeness (QED) is 0.194. The van der Waals surface area contributed by atoms with Gasteiger partial charge in [-0.05, 0) is 43.7 Å². The third-order valence-electron chi connectivity index (χ3n) is 4.65. The zero-order chi connectivity index (χ0) is 22.3. The number of carbonyl (C=O) groups excluding carboxylic acids is 1.